The van der Waals surface area contributed by atoms with Gasteiger partial charge in [0.1, 0.15) is 11.4 Å². The second kappa shape index (κ2) is 8.39. The van der Waals surface area contributed by atoms with Crippen molar-refractivity contribution in [3.8, 4) is 0 Å². The lowest BCUT2D eigenvalue weighted by Gasteiger charge is -2.31. The topological polar surface area (TPSA) is 106 Å². The van der Waals surface area contributed by atoms with Crippen molar-refractivity contribution >= 4 is 50.3 Å². The van der Waals surface area contributed by atoms with E-state index < -0.39 is 22.9 Å². The van der Waals surface area contributed by atoms with Gasteiger partial charge in [0.25, 0.3) is 5.91 Å². The van der Waals surface area contributed by atoms with Gasteiger partial charge in [0.2, 0.25) is 6.10 Å². The van der Waals surface area contributed by atoms with E-state index in [-0.39, 0.29) is 31.2 Å². The van der Waals surface area contributed by atoms with Crippen molar-refractivity contribution in [1.82, 2.24) is 9.88 Å². The first-order chi connectivity index (χ1) is 15.9. The molecule has 1 aromatic heterocycles. The Morgan fingerprint density at radius 1 is 1.33 bits per heavy atom. The van der Waals surface area contributed by atoms with Gasteiger partial charge in [0.05, 0.1) is 23.4 Å². The fraction of sp³-hybridized carbons (Fsp3) is 0.333. The maximum atomic E-state index is 13.4. The van der Waals surface area contributed by atoms with Gasteiger partial charge in [-0.05, 0) is 29.7 Å². The Bertz CT molecular complexity index is 1270. The fourth-order valence-electron chi connectivity index (χ4n) is 4.50. The molecule has 4 heterocycles. The minimum absolute atomic E-state index is 0.189. The summed E-state index contributed by atoms with van der Waals surface area (Å²) in [5.74, 6) is -1.60. The maximum Gasteiger partial charge on any atom is 0.352 e. The highest BCUT2D eigenvalue weighted by Crippen LogP contribution is 2.38. The summed E-state index contributed by atoms with van der Waals surface area (Å²) in [6.07, 6.45) is 0.877. The number of pyridine rings is 1. The Kier molecular flexibility index (Phi) is 5.54. The lowest BCUT2D eigenvalue weighted by atomic mass is 9.92. The molecule has 2 bridgehead atoms. The number of carbonyl (C=O) groups is 3. The number of esters is 2. The molecule has 1 amide bonds. The van der Waals surface area contributed by atoms with Crippen LogP contribution in [0.3, 0.4) is 0 Å². The monoisotopic (exact) mass is 512 g/mol. The first-order valence-electron chi connectivity index (χ1n) is 10.7. The molecule has 5 rings (SSSR count). The summed E-state index contributed by atoms with van der Waals surface area (Å²) in [6, 6.07) is 7.53. The zero-order valence-electron chi connectivity index (χ0n) is 17.8. The molecule has 2 aromatic rings. The van der Waals surface area contributed by atoms with E-state index in [0.29, 0.717) is 24.2 Å². The largest absolute Gasteiger partial charge is 0.458 e. The van der Waals surface area contributed by atoms with Crippen LogP contribution in [0, 0.1) is 0 Å². The van der Waals surface area contributed by atoms with Crippen LogP contribution in [0.1, 0.15) is 30.2 Å². The molecule has 170 valence electrons. The number of cyclic esters (lactones) is 1. The van der Waals surface area contributed by atoms with Crippen molar-refractivity contribution < 1.29 is 29.0 Å². The first-order valence-corrected chi connectivity index (χ1v) is 11.6. The number of amides is 1. The van der Waals surface area contributed by atoms with Crippen LogP contribution in [0.4, 0.5) is 0 Å². The Morgan fingerprint density at radius 2 is 2.12 bits per heavy atom. The van der Waals surface area contributed by atoms with Gasteiger partial charge in [0.15, 0.2) is 0 Å². The van der Waals surface area contributed by atoms with Crippen molar-refractivity contribution in [2.24, 2.45) is 0 Å². The summed E-state index contributed by atoms with van der Waals surface area (Å²) in [5, 5.41) is 11.0. The summed E-state index contributed by atoms with van der Waals surface area (Å²) in [7, 11) is 0. The number of benzene rings is 1. The molecule has 0 fully saturated rings. The number of aliphatic hydroxyl groups excluding tert-OH is 1. The highest BCUT2D eigenvalue weighted by molar-refractivity contribution is 9.10. The number of rotatable bonds is 4. The van der Waals surface area contributed by atoms with E-state index in [0.717, 1.165) is 27.6 Å². The third-order valence-electron chi connectivity index (χ3n) is 6.21. The summed E-state index contributed by atoms with van der Waals surface area (Å²) in [5.41, 5.74) is 4.23. The number of nitrogens with zero attached hydrogens (tertiary/aromatic N) is 2. The van der Waals surface area contributed by atoms with E-state index in [1.54, 1.807) is 11.0 Å². The van der Waals surface area contributed by atoms with E-state index in [1.165, 1.54) is 0 Å². The number of halogens is 1. The van der Waals surface area contributed by atoms with Gasteiger partial charge in [-0.3, -0.25) is 9.59 Å². The van der Waals surface area contributed by atoms with E-state index >= 15 is 0 Å². The Balaban J connectivity index is 1.67. The predicted octanol–water partition coefficient (Wildman–Crippen LogP) is 2.41. The van der Waals surface area contributed by atoms with Gasteiger partial charge >= 0.3 is 11.9 Å². The predicted molar refractivity (Wildman–Crippen MR) is 122 cm³/mol. The van der Waals surface area contributed by atoms with Crippen LogP contribution >= 0.6 is 15.9 Å². The highest BCUT2D eigenvalue weighted by Gasteiger charge is 2.42. The molecule has 0 spiro atoms. The van der Waals surface area contributed by atoms with E-state index in [9.17, 15) is 19.5 Å². The molecule has 1 N–H and O–H groups in total. The molecule has 2 atom stereocenters. The molecule has 1 aromatic carbocycles. The fourth-order valence-corrected chi connectivity index (χ4v) is 4.61. The van der Waals surface area contributed by atoms with Crippen LogP contribution in [0.2, 0.25) is 0 Å². The van der Waals surface area contributed by atoms with Crippen LogP contribution in [0.25, 0.3) is 16.5 Å². The molecule has 9 heteroatoms. The summed E-state index contributed by atoms with van der Waals surface area (Å²) < 4.78 is 10.7. The molecule has 0 radical (unpaired) electrons. The van der Waals surface area contributed by atoms with Crippen LogP contribution in [0.5, 0.6) is 0 Å². The molecule has 3 aliphatic rings. The minimum atomic E-state index is -1.33. The Hall–Kier alpha value is -3.04. The second-order valence-electron chi connectivity index (χ2n) is 8.16. The van der Waals surface area contributed by atoms with Crippen molar-refractivity contribution in [3.63, 3.8) is 0 Å². The van der Waals surface area contributed by atoms with Crippen molar-refractivity contribution in [1.29, 1.82) is 0 Å². The molecule has 8 nitrogen and oxygen atoms in total. The average molecular weight is 513 g/mol. The molecular formula is C24H21BrN2O6. The number of hydrogen-bond donors (Lipinski definition) is 1. The quantitative estimate of drug-likeness (QED) is 0.495. The molecule has 0 aliphatic carbocycles. The lowest BCUT2D eigenvalue weighted by molar-refractivity contribution is -0.165. The van der Waals surface area contributed by atoms with Gasteiger partial charge < -0.3 is 19.5 Å². The summed E-state index contributed by atoms with van der Waals surface area (Å²) in [6.45, 7) is 1.99. The second-order valence-corrected chi connectivity index (χ2v) is 9.26. The first kappa shape index (κ1) is 21.8. The van der Waals surface area contributed by atoms with Gasteiger partial charge in [-0.2, -0.15) is 0 Å². The van der Waals surface area contributed by atoms with E-state index in [4.69, 9.17) is 14.5 Å². The highest BCUT2D eigenvalue weighted by atomic mass is 79.9. The van der Waals surface area contributed by atoms with Gasteiger partial charge in [0, 0.05) is 29.6 Å². The van der Waals surface area contributed by atoms with Gasteiger partial charge in [-0.15, -0.1) is 0 Å². The number of aliphatic hydroxyl groups is 1. The van der Waals surface area contributed by atoms with Crippen molar-refractivity contribution in [3.05, 3.63) is 58.3 Å². The lowest BCUT2D eigenvalue weighted by Crippen LogP contribution is -2.41. The zero-order valence-corrected chi connectivity index (χ0v) is 19.4. The standard InChI is InChI=1S/C24H21BrN2O6/c1-2-18(25)23(30)33-21-14-7-12-8-27(22(29)17(14)11-32-24(21)31)9-15-16(10-28)13-5-3-4-6-19(13)26-20(12)15/h3-7,18,21,28H,2,8-11H2,1H3. The minimum Gasteiger partial charge on any atom is -0.458 e. The number of para-hydroxylation sites is 1. The SMILES string of the molecule is CCC(Br)C(=O)OC1C(=O)OCC2=C1C=C1CN(Cc3c1nc1ccccc1c3CO)C2=O. The zero-order chi connectivity index (χ0) is 23.3. The van der Waals surface area contributed by atoms with Gasteiger partial charge in [-0.1, -0.05) is 41.1 Å². The number of ether oxygens (including phenoxy) is 2. The molecule has 33 heavy (non-hydrogen) atoms. The van der Waals surface area contributed by atoms with E-state index in [1.807, 2.05) is 31.2 Å². The smallest absolute Gasteiger partial charge is 0.352 e. The number of aromatic nitrogens is 1. The van der Waals surface area contributed by atoms with Crippen molar-refractivity contribution in [2.75, 3.05) is 13.2 Å². The normalized spacial score (nSPS) is 20.5. The number of fused-ring (bicyclic) bond motifs is 5. The number of hydrogen-bond acceptors (Lipinski definition) is 7. The van der Waals surface area contributed by atoms with Crippen LogP contribution in [-0.4, -0.2) is 56.9 Å². The van der Waals surface area contributed by atoms with Crippen LogP contribution in [-0.2, 0) is 37.0 Å². The summed E-state index contributed by atoms with van der Waals surface area (Å²) >= 11 is 3.24. The molecule has 2 unspecified atom stereocenters. The molecular weight excluding hydrogens is 492 g/mol. The Morgan fingerprint density at radius 3 is 2.88 bits per heavy atom. The number of carbonyl (C=O) groups excluding carboxylic acids is 3. The van der Waals surface area contributed by atoms with Crippen LogP contribution in [0.15, 0.2) is 41.5 Å². The van der Waals surface area contributed by atoms with Crippen molar-refractivity contribution in [2.45, 2.75) is 37.4 Å². The molecule has 3 aliphatic heterocycles. The molecule has 0 saturated carbocycles. The van der Waals surface area contributed by atoms with Gasteiger partial charge in [-0.25, -0.2) is 9.78 Å². The molecule has 0 saturated heterocycles. The average Bonchev–Trinajstić information content (AvgIpc) is 2.94. The van der Waals surface area contributed by atoms with Crippen LogP contribution < -0.4 is 0 Å². The third-order valence-corrected chi connectivity index (χ3v) is 7.23. The summed E-state index contributed by atoms with van der Waals surface area (Å²) in [4.78, 5) is 44.3. The van der Waals surface area contributed by atoms with E-state index in [2.05, 4.69) is 15.9 Å². The number of alkyl halides is 1. The Labute approximate surface area is 198 Å². The third kappa shape index (κ3) is 3.55. The maximum absolute atomic E-state index is 13.4.